The van der Waals surface area contributed by atoms with Crippen LogP contribution in [0.25, 0.3) is 0 Å². The molecule has 2 heterocycles. The van der Waals surface area contributed by atoms with Gasteiger partial charge in [0.1, 0.15) is 12.7 Å². The molecule has 5 rings (SSSR count). The zero-order valence-electron chi connectivity index (χ0n) is 27.1. The minimum Gasteiger partial charge on any atom is -0.459 e. The molecule has 2 aliphatic rings. The van der Waals surface area contributed by atoms with Crippen LogP contribution in [0, 0.1) is 0 Å². The van der Waals surface area contributed by atoms with E-state index in [2.05, 4.69) is 0 Å². The molecule has 0 spiro atoms. The van der Waals surface area contributed by atoms with Crippen LogP contribution >= 0.6 is 0 Å². The highest BCUT2D eigenvalue weighted by Crippen LogP contribution is 2.28. The van der Waals surface area contributed by atoms with Gasteiger partial charge < -0.3 is 39.4 Å². The van der Waals surface area contributed by atoms with Gasteiger partial charge in [0.2, 0.25) is 5.91 Å². The van der Waals surface area contributed by atoms with Crippen molar-refractivity contribution in [3.63, 3.8) is 0 Å². The average Bonchev–Trinajstić information content (AvgIpc) is 3.14. The molecule has 5 atom stereocenters. The lowest BCUT2D eigenvalue weighted by atomic mass is 9.96. The quantitative estimate of drug-likeness (QED) is 0.155. The highest BCUT2D eigenvalue weighted by molar-refractivity contribution is 5.91. The van der Waals surface area contributed by atoms with E-state index in [1.54, 1.807) is 95.9 Å². The predicted molar refractivity (Wildman–Crippen MR) is 176 cm³/mol. The third-order valence-corrected chi connectivity index (χ3v) is 8.47. The number of piperidine rings is 1. The highest BCUT2D eigenvalue weighted by atomic mass is 16.7. The normalized spacial score (nSPS) is 22.6. The lowest BCUT2D eigenvalue weighted by molar-refractivity contribution is -0.264. The van der Waals surface area contributed by atoms with Crippen molar-refractivity contribution in [2.24, 2.45) is 5.73 Å². The Labute approximate surface area is 285 Å². The number of carbonyl (C=O) groups is 4. The van der Waals surface area contributed by atoms with Crippen LogP contribution in [-0.4, -0.2) is 96.9 Å². The maximum absolute atomic E-state index is 13.3. The number of amides is 1. The molecule has 0 radical (unpaired) electrons. The molecule has 0 bridgehead atoms. The van der Waals surface area contributed by atoms with Crippen LogP contribution in [0.2, 0.25) is 0 Å². The molecule has 2 aliphatic heterocycles. The standard InChI is InChI=1S/C37H42N2O10/c38-31-33(49-36(44)27-16-8-3-9-17-27)32(48-35(43)26-14-6-2-7-15-26)29(24-46-34(42)25-12-4-1-5-13-25)47-37(31)45-23-11-10-18-30(41)39-21-19-28(40)20-22-39/h1-9,12-17,28-29,31-33,37,40H,10-11,18-24,38H2/t29?,31-,32-,33?,37+/m0/s1. The molecule has 3 N–H and O–H groups in total. The molecule has 2 unspecified atom stereocenters. The maximum Gasteiger partial charge on any atom is 0.338 e. The zero-order valence-corrected chi connectivity index (χ0v) is 27.1. The number of likely N-dealkylation sites (tertiary alicyclic amines) is 1. The summed E-state index contributed by atoms with van der Waals surface area (Å²) in [6.45, 7) is 0.868. The van der Waals surface area contributed by atoms with E-state index in [0.29, 0.717) is 50.8 Å². The van der Waals surface area contributed by atoms with Crippen LogP contribution in [0.1, 0.15) is 63.2 Å². The number of hydrogen-bond donors (Lipinski definition) is 2. The number of aliphatic hydroxyl groups is 1. The third kappa shape index (κ3) is 9.96. The Morgan fingerprint density at radius 1 is 0.735 bits per heavy atom. The lowest BCUT2D eigenvalue weighted by Gasteiger charge is -2.43. The van der Waals surface area contributed by atoms with Gasteiger partial charge in [-0.3, -0.25) is 4.79 Å². The van der Waals surface area contributed by atoms with Crippen molar-refractivity contribution in [2.45, 2.75) is 68.9 Å². The first-order valence-corrected chi connectivity index (χ1v) is 16.5. The maximum atomic E-state index is 13.3. The van der Waals surface area contributed by atoms with Crippen molar-refractivity contribution in [3.05, 3.63) is 108 Å². The molecule has 0 saturated carbocycles. The van der Waals surface area contributed by atoms with Gasteiger partial charge in [-0.05, 0) is 62.1 Å². The SMILES string of the molecule is N[C@H]1C(OC(=O)c2ccccc2)[C@@H](OC(=O)c2ccccc2)C(COC(=O)c2ccccc2)O[C@H]1OCCCCC(=O)N1CCC(O)CC1. The van der Waals surface area contributed by atoms with Gasteiger partial charge in [-0.2, -0.15) is 0 Å². The Kier molecular flexibility index (Phi) is 12.9. The molecule has 3 aromatic rings. The fourth-order valence-corrected chi connectivity index (χ4v) is 5.70. The van der Waals surface area contributed by atoms with Gasteiger partial charge in [-0.25, -0.2) is 14.4 Å². The van der Waals surface area contributed by atoms with E-state index < -0.39 is 48.6 Å². The number of benzene rings is 3. The first-order chi connectivity index (χ1) is 23.8. The highest BCUT2D eigenvalue weighted by Gasteiger charge is 2.50. The van der Waals surface area contributed by atoms with Crippen molar-refractivity contribution in [1.82, 2.24) is 4.90 Å². The Balaban J connectivity index is 1.30. The second-order valence-corrected chi connectivity index (χ2v) is 12.0. The van der Waals surface area contributed by atoms with Crippen LogP contribution in [0.15, 0.2) is 91.0 Å². The van der Waals surface area contributed by atoms with E-state index in [-0.39, 0.29) is 36.4 Å². The molecule has 0 aromatic heterocycles. The van der Waals surface area contributed by atoms with E-state index in [1.807, 2.05) is 0 Å². The van der Waals surface area contributed by atoms with E-state index in [0.717, 1.165) is 0 Å². The zero-order chi connectivity index (χ0) is 34.6. The summed E-state index contributed by atoms with van der Waals surface area (Å²) in [5, 5.41) is 9.71. The summed E-state index contributed by atoms with van der Waals surface area (Å²) in [7, 11) is 0. The molecular weight excluding hydrogens is 632 g/mol. The minimum absolute atomic E-state index is 0.0220. The molecule has 0 aliphatic carbocycles. The number of carbonyl (C=O) groups excluding carboxylic acids is 4. The Hall–Kier alpha value is -4.62. The monoisotopic (exact) mass is 674 g/mol. The van der Waals surface area contributed by atoms with Gasteiger partial charge in [0.25, 0.3) is 0 Å². The second kappa shape index (κ2) is 17.7. The average molecular weight is 675 g/mol. The van der Waals surface area contributed by atoms with Crippen LogP contribution in [0.3, 0.4) is 0 Å². The summed E-state index contributed by atoms with van der Waals surface area (Å²) in [5.41, 5.74) is 7.44. The summed E-state index contributed by atoms with van der Waals surface area (Å²) in [6.07, 6.45) is -2.64. The summed E-state index contributed by atoms with van der Waals surface area (Å²) in [6, 6.07) is 23.8. The fourth-order valence-electron chi connectivity index (χ4n) is 5.70. The van der Waals surface area contributed by atoms with Crippen molar-refractivity contribution < 1.29 is 48.0 Å². The molecule has 1 amide bonds. The van der Waals surface area contributed by atoms with Gasteiger partial charge in [0.15, 0.2) is 18.5 Å². The van der Waals surface area contributed by atoms with Crippen molar-refractivity contribution in [2.75, 3.05) is 26.3 Å². The van der Waals surface area contributed by atoms with E-state index in [4.69, 9.17) is 29.4 Å². The molecular formula is C37H42N2O10. The first kappa shape index (κ1) is 35.7. The van der Waals surface area contributed by atoms with Crippen LogP contribution in [0.4, 0.5) is 0 Å². The summed E-state index contributed by atoms with van der Waals surface area (Å²) < 4.78 is 29.6. The molecule has 12 nitrogen and oxygen atoms in total. The second-order valence-electron chi connectivity index (χ2n) is 12.0. The van der Waals surface area contributed by atoms with Gasteiger partial charge >= 0.3 is 17.9 Å². The van der Waals surface area contributed by atoms with Gasteiger partial charge in [-0.1, -0.05) is 54.6 Å². The summed E-state index contributed by atoms with van der Waals surface area (Å²) >= 11 is 0. The summed E-state index contributed by atoms with van der Waals surface area (Å²) in [4.78, 5) is 53.9. The molecule has 3 aromatic carbocycles. The molecule has 49 heavy (non-hydrogen) atoms. The largest absolute Gasteiger partial charge is 0.459 e. The molecule has 260 valence electrons. The van der Waals surface area contributed by atoms with E-state index in [9.17, 15) is 24.3 Å². The van der Waals surface area contributed by atoms with Crippen molar-refractivity contribution in [1.29, 1.82) is 0 Å². The number of nitrogens with zero attached hydrogens (tertiary/aromatic N) is 1. The van der Waals surface area contributed by atoms with Crippen molar-refractivity contribution in [3.8, 4) is 0 Å². The number of unbranched alkanes of at least 4 members (excludes halogenated alkanes) is 1. The molecule has 12 heteroatoms. The van der Waals surface area contributed by atoms with Crippen LogP contribution in [0.5, 0.6) is 0 Å². The van der Waals surface area contributed by atoms with Crippen LogP contribution in [-0.2, 0) is 28.5 Å². The van der Waals surface area contributed by atoms with Gasteiger partial charge in [0, 0.05) is 26.1 Å². The van der Waals surface area contributed by atoms with Crippen molar-refractivity contribution >= 4 is 23.8 Å². The fraction of sp³-hybridized carbons (Fsp3) is 0.405. The van der Waals surface area contributed by atoms with Gasteiger partial charge in [-0.15, -0.1) is 0 Å². The minimum atomic E-state index is -1.28. The smallest absolute Gasteiger partial charge is 0.338 e. The Bertz CT molecular complexity index is 1520. The number of hydrogen-bond acceptors (Lipinski definition) is 11. The number of nitrogens with two attached hydrogens (primary N) is 1. The number of aliphatic hydroxyl groups excluding tert-OH is 1. The van der Waals surface area contributed by atoms with Crippen LogP contribution < -0.4 is 5.73 Å². The molecule has 2 saturated heterocycles. The predicted octanol–water partition coefficient (Wildman–Crippen LogP) is 3.52. The number of esters is 3. The number of ether oxygens (including phenoxy) is 5. The first-order valence-electron chi connectivity index (χ1n) is 16.5. The summed E-state index contributed by atoms with van der Waals surface area (Å²) in [5.74, 6) is -2.02. The molecule has 2 fully saturated rings. The third-order valence-electron chi connectivity index (χ3n) is 8.47. The van der Waals surface area contributed by atoms with Gasteiger partial charge in [0.05, 0.1) is 28.8 Å². The number of rotatable bonds is 13. The Morgan fingerprint density at radius 3 is 1.80 bits per heavy atom. The topological polar surface area (TPSA) is 164 Å². The lowest BCUT2D eigenvalue weighted by Crippen LogP contribution is -2.65. The van der Waals surface area contributed by atoms with E-state index in [1.165, 1.54) is 0 Å². The Morgan fingerprint density at radius 2 is 1.24 bits per heavy atom. The van der Waals surface area contributed by atoms with E-state index >= 15 is 0 Å².